The molecule has 0 rings (SSSR count). The number of carbonyl (C=O) groups is 1. The summed E-state index contributed by atoms with van der Waals surface area (Å²) in [5.41, 5.74) is 0. The monoisotopic (exact) mass is 560 g/mol. The molecule has 0 fully saturated rings. The van der Waals surface area contributed by atoms with Crippen molar-refractivity contribution in [3.05, 3.63) is 48.6 Å². The van der Waals surface area contributed by atoms with Crippen LogP contribution in [0.3, 0.4) is 0 Å². The van der Waals surface area contributed by atoms with Gasteiger partial charge in [0, 0.05) is 13.0 Å². The van der Waals surface area contributed by atoms with Crippen molar-refractivity contribution in [2.75, 3.05) is 19.8 Å². The molecule has 0 aliphatic carbocycles. The summed E-state index contributed by atoms with van der Waals surface area (Å²) in [5, 5.41) is 9.52. The molecule has 1 atom stereocenters. The zero-order valence-electron chi connectivity index (χ0n) is 26.3. The summed E-state index contributed by atoms with van der Waals surface area (Å²) in [4.78, 5) is 12.1. The first kappa shape index (κ1) is 38.4. The van der Waals surface area contributed by atoms with Gasteiger partial charge in [0.2, 0.25) is 0 Å². The standard InChI is InChI=1S/C36H64O4/c1-3-5-7-9-11-13-15-17-18-19-20-22-24-26-28-30-32-39-34-35(33-37)40-36(38)31-29-27-25-23-21-16-14-12-10-8-6-4-2/h5,7,11,13,17-18,20,22,35,37H,3-4,6,8-10,12,14-16,19,21,23-34H2,1-2H3/b7-5-,13-11-,18-17-,22-20-. The second kappa shape index (κ2) is 33.6. The van der Waals surface area contributed by atoms with Crippen molar-refractivity contribution in [3.8, 4) is 0 Å². The number of esters is 1. The quantitative estimate of drug-likeness (QED) is 0.0539. The van der Waals surface area contributed by atoms with Crippen molar-refractivity contribution in [1.82, 2.24) is 0 Å². The van der Waals surface area contributed by atoms with Gasteiger partial charge in [-0.1, -0.05) is 140 Å². The molecule has 1 unspecified atom stereocenters. The summed E-state index contributed by atoms with van der Waals surface area (Å²) in [6.07, 6.45) is 41.4. The van der Waals surface area contributed by atoms with Crippen LogP contribution in [0.4, 0.5) is 0 Å². The fourth-order valence-corrected chi connectivity index (χ4v) is 4.43. The molecule has 0 amide bonds. The van der Waals surface area contributed by atoms with Gasteiger partial charge in [-0.3, -0.25) is 4.79 Å². The van der Waals surface area contributed by atoms with Crippen LogP contribution in [0.15, 0.2) is 48.6 Å². The highest BCUT2D eigenvalue weighted by Crippen LogP contribution is 2.13. The van der Waals surface area contributed by atoms with E-state index in [0.717, 1.165) is 64.2 Å². The van der Waals surface area contributed by atoms with E-state index in [-0.39, 0.29) is 19.2 Å². The maximum Gasteiger partial charge on any atom is 0.306 e. The van der Waals surface area contributed by atoms with Gasteiger partial charge in [-0.15, -0.1) is 0 Å². The lowest BCUT2D eigenvalue weighted by Gasteiger charge is -2.15. The van der Waals surface area contributed by atoms with Gasteiger partial charge in [-0.25, -0.2) is 0 Å². The highest BCUT2D eigenvalue weighted by molar-refractivity contribution is 5.69. The van der Waals surface area contributed by atoms with E-state index in [1.165, 1.54) is 64.2 Å². The smallest absolute Gasteiger partial charge is 0.306 e. The van der Waals surface area contributed by atoms with E-state index in [9.17, 15) is 9.90 Å². The van der Waals surface area contributed by atoms with Crippen LogP contribution in [0.25, 0.3) is 0 Å². The molecule has 40 heavy (non-hydrogen) atoms. The first-order valence-corrected chi connectivity index (χ1v) is 16.7. The van der Waals surface area contributed by atoms with Gasteiger partial charge in [0.1, 0.15) is 6.10 Å². The van der Waals surface area contributed by atoms with Crippen LogP contribution in [-0.4, -0.2) is 37.0 Å². The first-order valence-electron chi connectivity index (χ1n) is 16.7. The van der Waals surface area contributed by atoms with E-state index in [0.29, 0.717) is 13.0 Å². The number of carbonyl (C=O) groups excluding carboxylic acids is 1. The number of hydrogen-bond acceptors (Lipinski definition) is 4. The van der Waals surface area contributed by atoms with Crippen molar-refractivity contribution in [3.63, 3.8) is 0 Å². The molecule has 1 N–H and O–H groups in total. The summed E-state index contributed by atoms with van der Waals surface area (Å²) < 4.78 is 11.0. The lowest BCUT2D eigenvalue weighted by Crippen LogP contribution is -2.27. The zero-order valence-corrected chi connectivity index (χ0v) is 26.3. The molecule has 0 aromatic heterocycles. The highest BCUT2D eigenvalue weighted by atomic mass is 16.6. The van der Waals surface area contributed by atoms with Crippen LogP contribution in [-0.2, 0) is 14.3 Å². The third kappa shape index (κ3) is 30.9. The van der Waals surface area contributed by atoms with E-state index in [1.54, 1.807) is 0 Å². The molecular weight excluding hydrogens is 496 g/mol. The number of unbranched alkanes of at least 4 members (excludes halogenated alkanes) is 14. The van der Waals surface area contributed by atoms with Crippen LogP contribution < -0.4 is 0 Å². The zero-order chi connectivity index (χ0) is 29.2. The fourth-order valence-electron chi connectivity index (χ4n) is 4.43. The van der Waals surface area contributed by atoms with Gasteiger partial charge < -0.3 is 14.6 Å². The molecule has 4 nitrogen and oxygen atoms in total. The minimum Gasteiger partial charge on any atom is -0.457 e. The Hall–Kier alpha value is -1.65. The Bertz CT molecular complexity index is 635. The minimum absolute atomic E-state index is 0.185. The van der Waals surface area contributed by atoms with E-state index >= 15 is 0 Å². The molecule has 0 spiro atoms. The van der Waals surface area contributed by atoms with Crippen molar-refractivity contribution in [2.45, 2.75) is 155 Å². The van der Waals surface area contributed by atoms with Crippen molar-refractivity contribution >= 4 is 5.97 Å². The lowest BCUT2D eigenvalue weighted by atomic mass is 10.0. The Balaban J connectivity index is 3.53. The third-order valence-corrected chi connectivity index (χ3v) is 6.92. The van der Waals surface area contributed by atoms with Crippen molar-refractivity contribution < 1.29 is 19.4 Å². The normalized spacial score (nSPS) is 13.0. The Morgan fingerprint density at radius 2 is 1.12 bits per heavy atom. The maximum absolute atomic E-state index is 12.1. The van der Waals surface area contributed by atoms with Crippen molar-refractivity contribution in [2.24, 2.45) is 0 Å². The van der Waals surface area contributed by atoms with E-state index < -0.39 is 6.10 Å². The molecule has 0 aromatic rings. The topological polar surface area (TPSA) is 55.8 Å². The van der Waals surface area contributed by atoms with E-state index in [2.05, 4.69) is 62.5 Å². The number of ether oxygens (including phenoxy) is 2. The fraction of sp³-hybridized carbons (Fsp3) is 0.750. The average Bonchev–Trinajstić information content (AvgIpc) is 2.96. The second-order valence-corrected chi connectivity index (χ2v) is 10.9. The average molecular weight is 561 g/mol. The molecule has 0 saturated heterocycles. The highest BCUT2D eigenvalue weighted by Gasteiger charge is 2.13. The third-order valence-electron chi connectivity index (χ3n) is 6.92. The van der Waals surface area contributed by atoms with Gasteiger partial charge >= 0.3 is 5.97 Å². The van der Waals surface area contributed by atoms with Crippen LogP contribution in [0.1, 0.15) is 149 Å². The van der Waals surface area contributed by atoms with Gasteiger partial charge in [-0.05, 0) is 51.4 Å². The molecule has 0 bridgehead atoms. The molecule has 0 heterocycles. The van der Waals surface area contributed by atoms with E-state index in [4.69, 9.17) is 9.47 Å². The van der Waals surface area contributed by atoms with Crippen molar-refractivity contribution in [1.29, 1.82) is 0 Å². The predicted octanol–water partition coefficient (Wildman–Crippen LogP) is 10.4. The summed E-state index contributed by atoms with van der Waals surface area (Å²) in [7, 11) is 0. The van der Waals surface area contributed by atoms with Crippen LogP contribution in [0, 0.1) is 0 Å². The van der Waals surface area contributed by atoms with Crippen LogP contribution in [0.2, 0.25) is 0 Å². The molecule has 0 aromatic carbocycles. The Morgan fingerprint density at radius 3 is 1.68 bits per heavy atom. The molecule has 232 valence electrons. The number of aliphatic hydroxyl groups excluding tert-OH is 1. The molecule has 0 saturated carbocycles. The largest absolute Gasteiger partial charge is 0.457 e. The van der Waals surface area contributed by atoms with Crippen LogP contribution >= 0.6 is 0 Å². The molecule has 4 heteroatoms. The molecule has 0 aliphatic rings. The molecule has 0 aliphatic heterocycles. The minimum atomic E-state index is -0.547. The summed E-state index contributed by atoms with van der Waals surface area (Å²) in [6.45, 7) is 5.15. The van der Waals surface area contributed by atoms with Crippen LogP contribution in [0.5, 0.6) is 0 Å². The SMILES string of the molecule is CC/C=C\C/C=C\C/C=C\C/C=C\CCCCCOCC(CO)OC(=O)CCCCCCCCCCCCCC. The summed E-state index contributed by atoms with van der Waals surface area (Å²) in [5.74, 6) is -0.215. The van der Waals surface area contributed by atoms with Gasteiger partial charge in [0.05, 0.1) is 13.2 Å². The number of hydrogen-bond donors (Lipinski definition) is 1. The number of allylic oxidation sites excluding steroid dienone is 8. The lowest BCUT2D eigenvalue weighted by molar-refractivity contribution is -0.154. The Kier molecular flexibility index (Phi) is 32.2. The van der Waals surface area contributed by atoms with Gasteiger partial charge in [0.15, 0.2) is 0 Å². The maximum atomic E-state index is 12.1. The van der Waals surface area contributed by atoms with E-state index in [1.807, 2.05) is 0 Å². The molecular formula is C36H64O4. The molecule has 0 radical (unpaired) electrons. The number of aliphatic hydroxyl groups is 1. The predicted molar refractivity (Wildman–Crippen MR) is 173 cm³/mol. The summed E-state index contributed by atoms with van der Waals surface area (Å²) >= 11 is 0. The Morgan fingerprint density at radius 1 is 0.625 bits per heavy atom. The Labute approximate surface area is 248 Å². The number of rotatable bonds is 30. The van der Waals surface area contributed by atoms with Gasteiger partial charge in [-0.2, -0.15) is 0 Å². The second-order valence-electron chi connectivity index (χ2n) is 10.9. The first-order chi connectivity index (χ1) is 19.7. The van der Waals surface area contributed by atoms with Gasteiger partial charge in [0.25, 0.3) is 0 Å². The summed E-state index contributed by atoms with van der Waals surface area (Å²) in [6, 6.07) is 0.